The largest absolute Gasteiger partial charge is 0.395 e. The van der Waals surface area contributed by atoms with E-state index < -0.39 is 67.4 Å². The molecular formula is C14H35NO13P4. The van der Waals surface area contributed by atoms with Gasteiger partial charge in [0.1, 0.15) is 11.6 Å². The second-order valence-electron chi connectivity index (χ2n) is 6.36. The van der Waals surface area contributed by atoms with Crippen molar-refractivity contribution in [2.45, 2.75) is 39.3 Å². The van der Waals surface area contributed by atoms with Crippen molar-refractivity contribution >= 4 is 30.4 Å². The summed E-state index contributed by atoms with van der Waals surface area (Å²) in [5.74, 6) is -3.94. The summed E-state index contributed by atoms with van der Waals surface area (Å²) >= 11 is 0. The Hall–Kier alpha value is 0.520. The highest BCUT2D eigenvalue weighted by atomic mass is 31.2. The first-order valence-electron chi connectivity index (χ1n) is 9.86. The van der Waals surface area contributed by atoms with Crippen LogP contribution in [0.15, 0.2) is 0 Å². The molecule has 0 radical (unpaired) electrons. The maximum atomic E-state index is 13.7. The molecule has 0 aliphatic heterocycles. The molecule has 0 bridgehead atoms. The summed E-state index contributed by atoms with van der Waals surface area (Å²) in [6, 6.07) is 0. The quantitative estimate of drug-likeness (QED) is 0.155. The van der Waals surface area contributed by atoms with Crippen LogP contribution in [-0.4, -0.2) is 93.0 Å². The van der Waals surface area contributed by atoms with Gasteiger partial charge in [-0.1, -0.05) is 0 Å². The highest BCUT2D eigenvalue weighted by molar-refractivity contribution is 7.59. The second kappa shape index (κ2) is 14.2. The summed E-state index contributed by atoms with van der Waals surface area (Å²) in [7, 11) is -18.7. The van der Waals surface area contributed by atoms with Crippen molar-refractivity contribution in [2.75, 3.05) is 51.9 Å². The Labute approximate surface area is 188 Å². The van der Waals surface area contributed by atoms with Crippen LogP contribution in [0.3, 0.4) is 0 Å². The average Bonchev–Trinajstić information content (AvgIpc) is 2.62. The van der Waals surface area contributed by atoms with Crippen LogP contribution < -0.4 is 0 Å². The van der Waals surface area contributed by atoms with Gasteiger partial charge in [-0.25, -0.2) is 0 Å². The normalized spacial score (nSPS) is 15.8. The van der Waals surface area contributed by atoms with Crippen LogP contribution in [0, 0.1) is 0 Å². The molecule has 0 saturated carbocycles. The summed E-state index contributed by atoms with van der Waals surface area (Å²) in [6.45, 7) is 4.11. The van der Waals surface area contributed by atoms with Crippen LogP contribution in [0.2, 0.25) is 0 Å². The number of rotatable bonds is 18. The lowest BCUT2D eigenvalue weighted by Gasteiger charge is -2.40. The Bertz CT molecular complexity index is 718. The molecule has 0 amide bonds. The van der Waals surface area contributed by atoms with Gasteiger partial charge in [0.25, 0.3) is 0 Å². The molecule has 0 fully saturated rings. The molecule has 194 valence electrons. The third kappa shape index (κ3) is 10.8. The maximum Gasteiger partial charge on any atom is 0.348 e. The number of hydrogen-bond acceptors (Lipinski definition) is 10. The third-order valence-corrected chi connectivity index (χ3v) is 11.1. The van der Waals surface area contributed by atoms with Gasteiger partial charge in [0, 0.05) is 6.54 Å². The van der Waals surface area contributed by atoms with E-state index in [-0.39, 0.29) is 26.4 Å². The van der Waals surface area contributed by atoms with Crippen LogP contribution >= 0.6 is 30.4 Å². The van der Waals surface area contributed by atoms with E-state index in [0.29, 0.717) is 4.90 Å². The van der Waals surface area contributed by atoms with Crippen LogP contribution in [0.4, 0.5) is 0 Å². The molecule has 32 heavy (non-hydrogen) atoms. The molecule has 0 aliphatic rings. The summed E-state index contributed by atoms with van der Waals surface area (Å²) in [4.78, 5) is 39.2. The van der Waals surface area contributed by atoms with Crippen molar-refractivity contribution in [3.63, 3.8) is 0 Å². The summed E-state index contributed by atoms with van der Waals surface area (Å²) in [6.07, 6.45) is -2.08. The predicted molar refractivity (Wildman–Crippen MR) is 117 cm³/mol. The Kier molecular flexibility index (Phi) is 14.4. The number of aliphatic hydroxyl groups is 1. The lowest BCUT2D eigenvalue weighted by Crippen LogP contribution is -2.48. The van der Waals surface area contributed by atoms with E-state index in [4.69, 9.17) is 18.1 Å². The highest BCUT2D eigenvalue weighted by Gasteiger charge is 2.51. The van der Waals surface area contributed by atoms with Crippen molar-refractivity contribution in [3.8, 4) is 0 Å². The Morgan fingerprint density at radius 1 is 0.719 bits per heavy atom. The Morgan fingerprint density at radius 2 is 1.16 bits per heavy atom. The van der Waals surface area contributed by atoms with Crippen molar-refractivity contribution in [1.82, 2.24) is 4.90 Å². The number of nitrogens with zero attached hydrogens (tertiary/aromatic N) is 1. The second-order valence-corrected chi connectivity index (χ2v) is 14.1. The minimum atomic E-state index is -5.30. The van der Waals surface area contributed by atoms with Crippen molar-refractivity contribution < 1.29 is 61.0 Å². The van der Waals surface area contributed by atoms with Gasteiger partial charge in [0.05, 0.1) is 45.4 Å². The number of hydrogen-bond donors (Lipinski definition) is 5. The minimum absolute atomic E-state index is 0.0814. The Morgan fingerprint density at radius 3 is 1.47 bits per heavy atom. The third-order valence-electron chi connectivity index (χ3n) is 3.93. The zero-order valence-electron chi connectivity index (χ0n) is 18.5. The van der Waals surface area contributed by atoms with Gasteiger partial charge in [-0.3, -0.25) is 23.2 Å². The predicted octanol–water partition coefficient (Wildman–Crippen LogP) is 1.82. The molecule has 2 unspecified atom stereocenters. The molecule has 0 aromatic rings. The lowest BCUT2D eigenvalue weighted by atomic mass is 10.5. The smallest absolute Gasteiger partial charge is 0.348 e. The average molecular weight is 549 g/mol. The zero-order valence-corrected chi connectivity index (χ0v) is 22.1. The SMILES string of the molecule is CCOP(=O)(CC(N(CCO)C(CP(=O)(O)O)P(=O)(O)O)P(=O)(OCC)OCC)OCC. The first kappa shape index (κ1) is 32.5. The minimum Gasteiger partial charge on any atom is -0.395 e. The van der Waals surface area contributed by atoms with Crippen LogP contribution in [0.25, 0.3) is 0 Å². The van der Waals surface area contributed by atoms with Gasteiger partial charge >= 0.3 is 30.4 Å². The van der Waals surface area contributed by atoms with Gasteiger partial charge in [-0.05, 0) is 27.7 Å². The molecule has 0 aromatic heterocycles. The van der Waals surface area contributed by atoms with Gasteiger partial charge in [-0.2, -0.15) is 0 Å². The van der Waals surface area contributed by atoms with Crippen molar-refractivity contribution in [3.05, 3.63) is 0 Å². The van der Waals surface area contributed by atoms with E-state index >= 15 is 0 Å². The molecule has 0 heterocycles. The van der Waals surface area contributed by atoms with Gasteiger partial charge in [0.15, 0.2) is 0 Å². The fraction of sp³-hybridized carbons (Fsp3) is 1.00. The molecule has 0 aromatic carbocycles. The van der Waals surface area contributed by atoms with E-state index in [1.54, 1.807) is 0 Å². The van der Waals surface area contributed by atoms with E-state index in [9.17, 15) is 42.9 Å². The first-order valence-corrected chi connectivity index (χ1v) is 16.7. The molecule has 0 saturated heterocycles. The Balaban J connectivity index is 6.83. The number of aliphatic hydroxyl groups excluding tert-OH is 1. The van der Waals surface area contributed by atoms with Gasteiger partial charge in [0.2, 0.25) is 0 Å². The summed E-state index contributed by atoms with van der Waals surface area (Å²) < 4.78 is 71.7. The fourth-order valence-electron chi connectivity index (χ4n) is 2.92. The molecule has 18 heteroatoms. The van der Waals surface area contributed by atoms with E-state index in [2.05, 4.69) is 0 Å². The first-order chi connectivity index (χ1) is 14.6. The topological polar surface area (TPSA) is 210 Å². The zero-order chi connectivity index (χ0) is 25.2. The molecular weight excluding hydrogens is 514 g/mol. The molecule has 14 nitrogen and oxygen atoms in total. The molecule has 0 rings (SSSR count). The summed E-state index contributed by atoms with van der Waals surface area (Å²) in [5.41, 5.74) is 0. The standard InChI is InChI=1S/C14H35NO13P4/c1-5-25-30(20,26-6-2)12-14(32(24,27-7-3)28-8-4)15(9-10-16)13(31(21,22)23)11-29(17,18)19/h13-14,16H,5-12H2,1-4H3,(H2,17,18,19)(H2,21,22,23). The molecule has 2 atom stereocenters. The van der Waals surface area contributed by atoms with Gasteiger partial charge < -0.3 is 42.8 Å². The van der Waals surface area contributed by atoms with E-state index in [1.165, 1.54) is 27.7 Å². The molecule has 5 N–H and O–H groups in total. The van der Waals surface area contributed by atoms with E-state index in [0.717, 1.165) is 0 Å². The molecule has 0 spiro atoms. The summed E-state index contributed by atoms with van der Waals surface area (Å²) in [5, 5.41) is 9.54. The maximum absolute atomic E-state index is 13.7. The van der Waals surface area contributed by atoms with E-state index in [1.807, 2.05) is 0 Å². The van der Waals surface area contributed by atoms with Crippen molar-refractivity contribution in [1.29, 1.82) is 0 Å². The monoisotopic (exact) mass is 549 g/mol. The van der Waals surface area contributed by atoms with Crippen LogP contribution in [0.5, 0.6) is 0 Å². The van der Waals surface area contributed by atoms with Gasteiger partial charge in [-0.15, -0.1) is 0 Å². The van der Waals surface area contributed by atoms with Crippen LogP contribution in [-0.2, 0) is 36.4 Å². The fourth-order valence-corrected chi connectivity index (χ4v) is 10.7. The lowest BCUT2D eigenvalue weighted by molar-refractivity contribution is 0.126. The highest BCUT2D eigenvalue weighted by Crippen LogP contribution is 2.63. The van der Waals surface area contributed by atoms with Crippen LogP contribution in [0.1, 0.15) is 27.7 Å². The molecule has 0 aliphatic carbocycles. The van der Waals surface area contributed by atoms with Crippen molar-refractivity contribution in [2.24, 2.45) is 0 Å².